The summed E-state index contributed by atoms with van der Waals surface area (Å²) in [4.78, 5) is 24.5. The van der Waals surface area contributed by atoms with Crippen molar-refractivity contribution in [3.05, 3.63) is 0 Å². The fraction of sp³-hybridized carbons (Fsp3) is 0.800. The highest BCUT2D eigenvalue weighted by Gasteiger charge is 2.32. The molecule has 1 rings (SSSR count). The van der Waals surface area contributed by atoms with E-state index >= 15 is 0 Å². The third kappa shape index (κ3) is 2.93. The standard InChI is InChI=1S/C10H18N2O4/c1-7-10(14)11-4-9(13)12(7)5-8(16-3)6-15-2/h7-8H,4-6H2,1-3H3,(H,11,14). The molecule has 0 saturated carbocycles. The molecule has 1 N–H and O–H groups in total. The van der Waals surface area contributed by atoms with Crippen molar-refractivity contribution in [1.82, 2.24) is 10.2 Å². The van der Waals surface area contributed by atoms with Crippen molar-refractivity contribution in [1.29, 1.82) is 0 Å². The summed E-state index contributed by atoms with van der Waals surface area (Å²) in [7, 11) is 3.13. The van der Waals surface area contributed by atoms with E-state index < -0.39 is 6.04 Å². The van der Waals surface area contributed by atoms with Gasteiger partial charge in [-0.25, -0.2) is 0 Å². The van der Waals surface area contributed by atoms with Gasteiger partial charge in [-0.2, -0.15) is 0 Å². The first-order valence-corrected chi connectivity index (χ1v) is 5.19. The second-order valence-corrected chi connectivity index (χ2v) is 3.75. The smallest absolute Gasteiger partial charge is 0.242 e. The van der Waals surface area contributed by atoms with Crippen LogP contribution >= 0.6 is 0 Å². The molecule has 16 heavy (non-hydrogen) atoms. The van der Waals surface area contributed by atoms with Crippen LogP contribution < -0.4 is 5.32 Å². The lowest BCUT2D eigenvalue weighted by Gasteiger charge is -2.34. The van der Waals surface area contributed by atoms with Crippen LogP contribution in [0.5, 0.6) is 0 Å². The van der Waals surface area contributed by atoms with Crippen molar-refractivity contribution >= 4 is 11.8 Å². The summed E-state index contributed by atoms with van der Waals surface area (Å²) in [6.45, 7) is 2.53. The summed E-state index contributed by atoms with van der Waals surface area (Å²) in [5.74, 6) is -0.225. The average molecular weight is 230 g/mol. The first-order chi connectivity index (χ1) is 7.60. The zero-order valence-corrected chi connectivity index (χ0v) is 9.86. The fourth-order valence-electron chi connectivity index (χ4n) is 1.63. The molecule has 1 aliphatic heterocycles. The maximum absolute atomic E-state index is 11.6. The zero-order valence-electron chi connectivity index (χ0n) is 9.86. The maximum Gasteiger partial charge on any atom is 0.242 e. The number of methoxy groups -OCH3 is 2. The van der Waals surface area contributed by atoms with E-state index in [9.17, 15) is 9.59 Å². The van der Waals surface area contributed by atoms with Gasteiger partial charge in [-0.05, 0) is 6.92 Å². The van der Waals surface area contributed by atoms with Crippen molar-refractivity contribution in [3.8, 4) is 0 Å². The van der Waals surface area contributed by atoms with Crippen LogP contribution in [0.15, 0.2) is 0 Å². The molecule has 0 aromatic carbocycles. The Morgan fingerprint density at radius 2 is 2.19 bits per heavy atom. The predicted octanol–water partition coefficient (Wildman–Crippen LogP) is -1.01. The molecule has 0 aliphatic carbocycles. The molecule has 2 atom stereocenters. The molecule has 92 valence electrons. The van der Waals surface area contributed by atoms with Crippen LogP contribution in [0.1, 0.15) is 6.92 Å². The average Bonchev–Trinajstić information content (AvgIpc) is 2.28. The molecule has 0 aromatic heterocycles. The fourth-order valence-corrected chi connectivity index (χ4v) is 1.63. The molecule has 6 heteroatoms. The Kier molecular flexibility index (Phi) is 4.70. The number of rotatable bonds is 5. The summed E-state index contributed by atoms with van der Waals surface area (Å²) in [6, 6.07) is -0.448. The van der Waals surface area contributed by atoms with Crippen LogP contribution in [0.25, 0.3) is 0 Å². The second kappa shape index (κ2) is 5.81. The first-order valence-electron chi connectivity index (χ1n) is 5.19. The van der Waals surface area contributed by atoms with Crippen LogP contribution in [0.2, 0.25) is 0 Å². The van der Waals surface area contributed by atoms with E-state index in [0.29, 0.717) is 13.2 Å². The molecule has 0 bridgehead atoms. The highest BCUT2D eigenvalue weighted by atomic mass is 16.5. The molecular weight excluding hydrogens is 212 g/mol. The molecule has 2 unspecified atom stereocenters. The minimum atomic E-state index is -0.448. The molecule has 0 radical (unpaired) electrons. The van der Waals surface area contributed by atoms with E-state index in [1.54, 1.807) is 21.1 Å². The lowest BCUT2D eigenvalue weighted by Crippen LogP contribution is -2.59. The SMILES string of the molecule is COCC(CN1C(=O)CNC(=O)C1C)OC. The van der Waals surface area contributed by atoms with Gasteiger partial charge < -0.3 is 19.7 Å². The number of hydrogen-bond acceptors (Lipinski definition) is 4. The van der Waals surface area contributed by atoms with Gasteiger partial charge in [0, 0.05) is 20.8 Å². The number of ether oxygens (including phenoxy) is 2. The van der Waals surface area contributed by atoms with Crippen molar-refractivity contribution in [2.24, 2.45) is 0 Å². The van der Waals surface area contributed by atoms with Gasteiger partial charge in [0.15, 0.2) is 0 Å². The number of piperazine rings is 1. The lowest BCUT2D eigenvalue weighted by molar-refractivity contribution is -0.147. The van der Waals surface area contributed by atoms with Crippen molar-refractivity contribution in [3.63, 3.8) is 0 Å². The van der Waals surface area contributed by atoms with E-state index in [-0.39, 0.29) is 24.5 Å². The zero-order chi connectivity index (χ0) is 12.1. The van der Waals surface area contributed by atoms with Crippen LogP contribution in [0.3, 0.4) is 0 Å². The van der Waals surface area contributed by atoms with E-state index in [1.807, 2.05) is 0 Å². The van der Waals surface area contributed by atoms with Crippen LogP contribution in [-0.2, 0) is 19.1 Å². The second-order valence-electron chi connectivity index (χ2n) is 3.75. The van der Waals surface area contributed by atoms with Crippen molar-refractivity contribution in [2.75, 3.05) is 33.9 Å². The van der Waals surface area contributed by atoms with Crippen molar-refractivity contribution < 1.29 is 19.1 Å². The molecule has 1 fully saturated rings. The van der Waals surface area contributed by atoms with Gasteiger partial charge in [-0.15, -0.1) is 0 Å². The van der Waals surface area contributed by atoms with E-state index in [0.717, 1.165) is 0 Å². The molecule has 1 aliphatic rings. The Bertz CT molecular complexity index is 270. The number of carbonyl (C=O) groups excluding carboxylic acids is 2. The van der Waals surface area contributed by atoms with Gasteiger partial charge in [-0.1, -0.05) is 0 Å². The number of carbonyl (C=O) groups is 2. The third-order valence-electron chi connectivity index (χ3n) is 2.67. The third-order valence-corrected chi connectivity index (χ3v) is 2.67. The quantitative estimate of drug-likeness (QED) is 0.657. The topological polar surface area (TPSA) is 67.9 Å². The van der Waals surface area contributed by atoms with E-state index in [4.69, 9.17) is 9.47 Å². The van der Waals surface area contributed by atoms with Gasteiger partial charge in [0.05, 0.1) is 19.3 Å². The summed E-state index contributed by atoms with van der Waals surface area (Å²) in [5, 5.41) is 2.53. The molecular formula is C10H18N2O4. The van der Waals surface area contributed by atoms with E-state index in [1.165, 1.54) is 4.90 Å². The number of hydrogen-bond donors (Lipinski definition) is 1. The Morgan fingerprint density at radius 1 is 1.50 bits per heavy atom. The minimum Gasteiger partial charge on any atom is -0.382 e. The maximum atomic E-state index is 11.6. The van der Waals surface area contributed by atoms with Gasteiger partial charge in [-0.3, -0.25) is 9.59 Å². The molecule has 2 amide bonds. The molecule has 0 aromatic rings. The van der Waals surface area contributed by atoms with Gasteiger partial charge in [0.2, 0.25) is 11.8 Å². The number of nitrogens with zero attached hydrogens (tertiary/aromatic N) is 1. The van der Waals surface area contributed by atoms with Crippen LogP contribution in [0, 0.1) is 0 Å². The molecule has 6 nitrogen and oxygen atoms in total. The van der Waals surface area contributed by atoms with E-state index in [2.05, 4.69) is 5.32 Å². The van der Waals surface area contributed by atoms with Crippen LogP contribution in [-0.4, -0.2) is 62.8 Å². The Labute approximate surface area is 94.9 Å². The molecule has 0 spiro atoms. The summed E-state index contributed by atoms with van der Waals surface area (Å²) in [6.07, 6.45) is -0.206. The summed E-state index contributed by atoms with van der Waals surface area (Å²) < 4.78 is 10.1. The van der Waals surface area contributed by atoms with Crippen molar-refractivity contribution in [2.45, 2.75) is 19.1 Å². The number of amides is 2. The Balaban J connectivity index is 2.61. The normalized spacial score (nSPS) is 23.2. The lowest BCUT2D eigenvalue weighted by atomic mass is 10.2. The van der Waals surface area contributed by atoms with Gasteiger partial charge >= 0.3 is 0 Å². The summed E-state index contributed by atoms with van der Waals surface area (Å²) in [5.41, 5.74) is 0. The van der Waals surface area contributed by atoms with Gasteiger partial charge in [0.25, 0.3) is 0 Å². The highest BCUT2D eigenvalue weighted by molar-refractivity contribution is 5.94. The van der Waals surface area contributed by atoms with Crippen LogP contribution in [0.4, 0.5) is 0 Å². The highest BCUT2D eigenvalue weighted by Crippen LogP contribution is 2.07. The summed E-state index contributed by atoms with van der Waals surface area (Å²) >= 11 is 0. The first kappa shape index (κ1) is 12.9. The Hall–Kier alpha value is -1.14. The largest absolute Gasteiger partial charge is 0.382 e. The van der Waals surface area contributed by atoms with Gasteiger partial charge in [0.1, 0.15) is 6.04 Å². The Morgan fingerprint density at radius 3 is 2.75 bits per heavy atom. The molecule has 1 saturated heterocycles. The minimum absolute atomic E-state index is 0.0621. The number of nitrogens with one attached hydrogen (secondary N) is 1. The predicted molar refractivity (Wildman–Crippen MR) is 56.9 cm³/mol. The molecule has 1 heterocycles. The monoisotopic (exact) mass is 230 g/mol.